The van der Waals surface area contributed by atoms with Gasteiger partial charge in [0.2, 0.25) is 11.8 Å². The smallest absolute Gasteiger partial charge is 0.251 e. The molecule has 2 fully saturated rings. The van der Waals surface area contributed by atoms with Gasteiger partial charge in [0.05, 0.1) is 18.6 Å². The normalized spacial score (nSPS) is 18.5. The Labute approximate surface area is 200 Å². The van der Waals surface area contributed by atoms with Gasteiger partial charge >= 0.3 is 0 Å². The van der Waals surface area contributed by atoms with Gasteiger partial charge in [0, 0.05) is 31.9 Å². The predicted molar refractivity (Wildman–Crippen MR) is 130 cm³/mol. The number of likely N-dealkylation sites (N-methyl/N-ethyl adjacent to an activating group) is 1. The minimum Gasteiger partial charge on any atom is -0.341 e. The van der Waals surface area contributed by atoms with E-state index in [1.165, 1.54) is 0 Å². The summed E-state index contributed by atoms with van der Waals surface area (Å²) in [5, 5.41) is 2.94. The predicted octanol–water partition coefficient (Wildman–Crippen LogP) is 2.44. The van der Waals surface area contributed by atoms with Crippen LogP contribution in [0, 0.1) is 12.8 Å². The lowest BCUT2D eigenvalue weighted by molar-refractivity contribution is -0.139. The Kier molecular flexibility index (Phi) is 6.59. The van der Waals surface area contributed by atoms with Crippen LogP contribution in [0.15, 0.2) is 48.8 Å². The number of pyridine rings is 1. The minimum atomic E-state index is -0.674. The van der Waals surface area contributed by atoms with Crippen molar-refractivity contribution in [3.63, 3.8) is 0 Å². The molecule has 2 aliphatic heterocycles. The van der Waals surface area contributed by atoms with Crippen molar-refractivity contribution >= 4 is 23.4 Å². The lowest BCUT2D eigenvalue weighted by Gasteiger charge is -2.44. The number of piperidine rings is 1. The molecule has 1 aromatic carbocycles. The summed E-state index contributed by atoms with van der Waals surface area (Å²) in [4.78, 5) is 49.4. The summed E-state index contributed by atoms with van der Waals surface area (Å²) in [7, 11) is 1.81. The van der Waals surface area contributed by atoms with Crippen LogP contribution in [0.3, 0.4) is 0 Å². The summed E-state index contributed by atoms with van der Waals surface area (Å²) in [6.07, 6.45) is 4.57. The van der Waals surface area contributed by atoms with Gasteiger partial charge in [0.25, 0.3) is 5.91 Å². The third-order valence-corrected chi connectivity index (χ3v) is 6.97. The van der Waals surface area contributed by atoms with Crippen LogP contribution < -0.4 is 10.2 Å². The highest BCUT2D eigenvalue weighted by molar-refractivity contribution is 5.98. The van der Waals surface area contributed by atoms with Crippen LogP contribution in [0.25, 0.3) is 0 Å². The topological polar surface area (TPSA) is 85.8 Å². The van der Waals surface area contributed by atoms with Gasteiger partial charge < -0.3 is 20.0 Å². The average molecular weight is 464 g/mol. The van der Waals surface area contributed by atoms with Crippen LogP contribution >= 0.6 is 0 Å². The number of anilines is 1. The second-order valence-electron chi connectivity index (χ2n) is 9.71. The molecule has 2 aliphatic rings. The fraction of sp³-hybridized carbons (Fsp3) is 0.462. The first kappa shape index (κ1) is 23.7. The van der Waals surface area contributed by atoms with E-state index in [0.29, 0.717) is 38.2 Å². The molecule has 2 aromatic rings. The Morgan fingerprint density at radius 3 is 2.47 bits per heavy atom. The summed E-state index contributed by atoms with van der Waals surface area (Å²) >= 11 is 0. The molecule has 2 saturated heterocycles. The monoisotopic (exact) mass is 463 g/mol. The quantitative estimate of drug-likeness (QED) is 0.736. The molecule has 0 bridgehead atoms. The van der Waals surface area contributed by atoms with E-state index >= 15 is 0 Å². The molecule has 180 valence electrons. The van der Waals surface area contributed by atoms with E-state index in [0.717, 1.165) is 11.3 Å². The number of benzene rings is 1. The van der Waals surface area contributed by atoms with Crippen LogP contribution in [0.4, 0.5) is 5.69 Å². The molecule has 1 N–H and O–H groups in total. The lowest BCUT2D eigenvalue weighted by atomic mass is 9.85. The maximum Gasteiger partial charge on any atom is 0.251 e. The van der Waals surface area contributed by atoms with Gasteiger partial charge in [0.15, 0.2) is 0 Å². The van der Waals surface area contributed by atoms with Gasteiger partial charge in [0.1, 0.15) is 11.6 Å². The Morgan fingerprint density at radius 1 is 1.12 bits per heavy atom. The molecule has 3 amide bonds. The van der Waals surface area contributed by atoms with Gasteiger partial charge in [-0.15, -0.1) is 0 Å². The molecular formula is C26H33N5O3. The molecular weight excluding hydrogens is 430 g/mol. The largest absolute Gasteiger partial charge is 0.341 e. The van der Waals surface area contributed by atoms with Gasteiger partial charge in [-0.1, -0.05) is 31.5 Å². The average Bonchev–Trinajstić information content (AvgIpc) is 3.07. The number of carbonyl (C=O) groups is 3. The van der Waals surface area contributed by atoms with E-state index in [4.69, 9.17) is 0 Å². The fourth-order valence-corrected chi connectivity index (χ4v) is 5.03. The zero-order chi connectivity index (χ0) is 24.5. The van der Waals surface area contributed by atoms with Crippen LogP contribution in [0.2, 0.25) is 0 Å². The van der Waals surface area contributed by atoms with Gasteiger partial charge in [-0.05, 0) is 49.9 Å². The van der Waals surface area contributed by atoms with E-state index in [1.807, 2.05) is 58.2 Å². The number of aromatic nitrogens is 1. The fourth-order valence-electron chi connectivity index (χ4n) is 5.03. The standard InChI is InChI=1S/C26H33N5O3/c1-18(2)22(28-23(32)20-8-5-7-19(3)15-20)24(33)30-13-10-26(11-14-30)25(34)29(4)17-31(26)21-9-6-12-27-16-21/h5-9,12,15-16,18,22H,10-11,13-14,17H2,1-4H3,(H,28,32). The lowest BCUT2D eigenvalue weighted by Crippen LogP contribution is -2.60. The molecule has 1 atom stereocenters. The summed E-state index contributed by atoms with van der Waals surface area (Å²) < 4.78 is 0. The van der Waals surface area contributed by atoms with Crippen molar-refractivity contribution < 1.29 is 14.4 Å². The minimum absolute atomic E-state index is 0.0664. The number of rotatable bonds is 5. The molecule has 0 saturated carbocycles. The zero-order valence-corrected chi connectivity index (χ0v) is 20.3. The van der Waals surface area contributed by atoms with Crippen LogP contribution in [0.1, 0.15) is 42.6 Å². The van der Waals surface area contributed by atoms with E-state index < -0.39 is 11.6 Å². The van der Waals surface area contributed by atoms with Crippen molar-refractivity contribution in [2.24, 2.45) is 5.92 Å². The third kappa shape index (κ3) is 4.36. The Balaban J connectivity index is 1.48. The number of amides is 3. The SMILES string of the molecule is Cc1cccc(C(=O)NC(C(=O)N2CCC3(CC2)C(=O)N(C)CN3c2cccnc2)C(C)C)c1. The first-order chi connectivity index (χ1) is 16.2. The molecule has 34 heavy (non-hydrogen) atoms. The first-order valence-electron chi connectivity index (χ1n) is 11.8. The van der Waals surface area contributed by atoms with Crippen LogP contribution in [0.5, 0.6) is 0 Å². The molecule has 1 aromatic heterocycles. The van der Waals surface area contributed by atoms with E-state index in [1.54, 1.807) is 28.3 Å². The highest BCUT2D eigenvalue weighted by atomic mass is 16.2. The molecule has 4 rings (SSSR count). The van der Waals surface area contributed by atoms with Crippen molar-refractivity contribution in [3.05, 3.63) is 59.9 Å². The summed E-state index contributed by atoms with van der Waals surface area (Å²) in [5.74, 6) is -0.336. The Morgan fingerprint density at radius 2 is 1.85 bits per heavy atom. The zero-order valence-electron chi connectivity index (χ0n) is 20.3. The maximum absolute atomic E-state index is 13.5. The molecule has 3 heterocycles. The highest BCUT2D eigenvalue weighted by Crippen LogP contribution is 2.38. The Hall–Kier alpha value is -3.42. The van der Waals surface area contributed by atoms with Crippen molar-refractivity contribution in [2.45, 2.75) is 45.2 Å². The number of nitrogens with zero attached hydrogens (tertiary/aromatic N) is 4. The maximum atomic E-state index is 13.5. The molecule has 8 heteroatoms. The third-order valence-electron chi connectivity index (χ3n) is 6.97. The van der Waals surface area contributed by atoms with Gasteiger partial charge in [-0.25, -0.2) is 0 Å². The first-order valence-corrected chi connectivity index (χ1v) is 11.8. The molecule has 0 aliphatic carbocycles. The highest BCUT2D eigenvalue weighted by Gasteiger charge is 2.53. The van der Waals surface area contributed by atoms with Crippen LogP contribution in [-0.4, -0.2) is 70.9 Å². The molecule has 8 nitrogen and oxygen atoms in total. The number of hydrogen-bond donors (Lipinski definition) is 1. The van der Waals surface area contributed by atoms with Gasteiger partial charge in [-0.3, -0.25) is 19.4 Å². The van der Waals surface area contributed by atoms with E-state index in [2.05, 4.69) is 15.2 Å². The number of aryl methyl sites for hydroxylation is 1. The second kappa shape index (κ2) is 9.44. The van der Waals surface area contributed by atoms with Crippen molar-refractivity contribution in [1.29, 1.82) is 0 Å². The number of likely N-dealkylation sites (tertiary alicyclic amines) is 1. The number of nitrogens with one attached hydrogen (secondary N) is 1. The molecule has 0 radical (unpaired) electrons. The van der Waals surface area contributed by atoms with Crippen molar-refractivity contribution in [1.82, 2.24) is 20.1 Å². The molecule has 1 spiro atoms. The number of carbonyl (C=O) groups excluding carboxylic acids is 3. The molecule has 1 unspecified atom stereocenters. The van der Waals surface area contributed by atoms with Crippen molar-refractivity contribution in [2.75, 3.05) is 31.7 Å². The van der Waals surface area contributed by atoms with Crippen LogP contribution in [-0.2, 0) is 9.59 Å². The summed E-state index contributed by atoms with van der Waals surface area (Å²) in [6.45, 7) is 7.22. The van der Waals surface area contributed by atoms with E-state index in [-0.39, 0.29) is 23.6 Å². The summed E-state index contributed by atoms with van der Waals surface area (Å²) in [5.41, 5.74) is 1.77. The van der Waals surface area contributed by atoms with E-state index in [9.17, 15) is 14.4 Å². The second-order valence-corrected chi connectivity index (χ2v) is 9.71. The van der Waals surface area contributed by atoms with Crippen molar-refractivity contribution in [3.8, 4) is 0 Å². The Bertz CT molecular complexity index is 1060. The number of hydrogen-bond acceptors (Lipinski definition) is 5. The summed E-state index contributed by atoms with van der Waals surface area (Å²) in [6, 6.07) is 10.6. The van der Waals surface area contributed by atoms with Gasteiger partial charge in [-0.2, -0.15) is 0 Å².